The summed E-state index contributed by atoms with van der Waals surface area (Å²) >= 11 is 2.19. The largest absolute Gasteiger partial charge is 0.364 e. The second kappa shape index (κ2) is 8.23. The van der Waals surface area contributed by atoms with Gasteiger partial charge in [0.2, 0.25) is 0 Å². The molecule has 0 spiro atoms. The van der Waals surface area contributed by atoms with Crippen molar-refractivity contribution >= 4 is 40.4 Å². The molecule has 0 bridgehead atoms. The number of fused-ring (bicyclic) bond motifs is 1. The van der Waals surface area contributed by atoms with Crippen LogP contribution < -0.4 is 10.3 Å². The summed E-state index contributed by atoms with van der Waals surface area (Å²) in [5, 5.41) is 4.16. The van der Waals surface area contributed by atoms with Crippen LogP contribution in [0.15, 0.2) is 47.6 Å². The number of benzene rings is 2. The number of nitrogens with one attached hydrogen (secondary N) is 1. The average molecular weight is 489 g/mol. The molecule has 4 nitrogen and oxygen atoms in total. The molecule has 1 atom stereocenters. The van der Waals surface area contributed by atoms with E-state index < -0.39 is 0 Å². The number of nitrogens with zero attached hydrogens (tertiary/aromatic N) is 2. The summed E-state index contributed by atoms with van der Waals surface area (Å²) in [5.41, 5.74) is 7.02. The van der Waals surface area contributed by atoms with Gasteiger partial charge in [0.25, 0.3) is 5.91 Å². The Morgan fingerprint density at radius 2 is 2.04 bits per heavy atom. The maximum absolute atomic E-state index is 12.2. The molecule has 1 aliphatic rings. The average Bonchev–Trinajstić information content (AvgIpc) is 2.61. The van der Waals surface area contributed by atoms with E-state index >= 15 is 0 Å². The third-order valence-electron chi connectivity index (χ3n) is 5.28. The van der Waals surface area contributed by atoms with Crippen molar-refractivity contribution < 1.29 is 4.79 Å². The molecule has 2 aromatic rings. The topological polar surface area (TPSA) is 44.7 Å². The number of amides is 1. The maximum Gasteiger partial charge on any atom is 0.271 e. The number of hydrogen-bond donors (Lipinski definition) is 1. The fourth-order valence-electron chi connectivity index (χ4n) is 4.39. The van der Waals surface area contributed by atoms with Gasteiger partial charge in [-0.05, 0) is 104 Å². The van der Waals surface area contributed by atoms with Crippen LogP contribution in [0, 0.1) is 3.57 Å². The summed E-state index contributed by atoms with van der Waals surface area (Å²) in [6, 6.07) is 14.4. The zero-order chi connectivity index (χ0) is 20.5. The summed E-state index contributed by atoms with van der Waals surface area (Å²) in [4.78, 5) is 14.7. The summed E-state index contributed by atoms with van der Waals surface area (Å²) in [5.74, 6) is 0.281. The molecular weight excluding hydrogens is 461 g/mol. The lowest BCUT2D eigenvalue weighted by molar-refractivity contribution is 0.0955. The first-order chi connectivity index (χ1) is 13.2. The molecule has 28 heavy (non-hydrogen) atoms. The number of anilines is 1. The molecule has 1 amide bonds. The van der Waals surface area contributed by atoms with Gasteiger partial charge in [0.15, 0.2) is 0 Å². The number of hydrazone groups is 1. The van der Waals surface area contributed by atoms with E-state index in [0.717, 1.165) is 15.6 Å². The molecule has 0 radical (unpaired) electrons. The number of rotatable bonds is 4. The van der Waals surface area contributed by atoms with Crippen LogP contribution in [0.25, 0.3) is 0 Å². The Morgan fingerprint density at radius 3 is 2.71 bits per heavy atom. The number of carbonyl (C=O) groups is 1. The first-order valence-corrected chi connectivity index (χ1v) is 10.8. The van der Waals surface area contributed by atoms with E-state index in [0.29, 0.717) is 17.5 Å². The number of carbonyl (C=O) groups excluding carboxylic acids is 1. The van der Waals surface area contributed by atoms with E-state index in [1.807, 2.05) is 18.2 Å². The van der Waals surface area contributed by atoms with Gasteiger partial charge in [-0.2, -0.15) is 5.10 Å². The van der Waals surface area contributed by atoms with Crippen LogP contribution in [0.4, 0.5) is 5.69 Å². The second-order valence-electron chi connectivity index (χ2n) is 8.41. The minimum atomic E-state index is -0.200. The van der Waals surface area contributed by atoms with Gasteiger partial charge in [0, 0.05) is 26.4 Å². The normalized spacial score (nSPS) is 18.4. The fraction of sp³-hybridized carbons (Fsp3) is 0.391. The third-order valence-corrected chi connectivity index (χ3v) is 5.95. The van der Waals surface area contributed by atoms with Crippen LogP contribution in [-0.4, -0.2) is 23.7 Å². The minimum Gasteiger partial charge on any atom is -0.364 e. The lowest BCUT2D eigenvalue weighted by Crippen LogP contribution is -2.51. The zero-order valence-electron chi connectivity index (χ0n) is 17.2. The first-order valence-electron chi connectivity index (χ1n) is 9.71. The van der Waals surface area contributed by atoms with Gasteiger partial charge < -0.3 is 4.90 Å². The molecule has 0 aliphatic carbocycles. The minimum absolute atomic E-state index is 0.136. The van der Waals surface area contributed by atoms with Crippen molar-refractivity contribution in [3.05, 3.63) is 62.7 Å². The van der Waals surface area contributed by atoms with Crippen molar-refractivity contribution in [1.29, 1.82) is 0 Å². The molecule has 1 aliphatic heterocycles. The summed E-state index contributed by atoms with van der Waals surface area (Å²) < 4.78 is 1.02. The lowest BCUT2D eigenvalue weighted by Gasteiger charge is -2.50. The van der Waals surface area contributed by atoms with Crippen LogP contribution in [-0.2, 0) is 0 Å². The molecule has 3 rings (SSSR count). The molecule has 1 heterocycles. The standard InChI is InChI=1S/C23H28IN3O/c1-15(2)27-21-10-9-17(11-20(21)16(3)13-23(27,4)5)14-25-26-22(28)18-7-6-8-19(24)12-18/h6-12,14-16H,13H2,1-5H3,(H,26,28)/b25-14+. The molecule has 0 saturated heterocycles. The van der Waals surface area contributed by atoms with Crippen LogP contribution in [0.5, 0.6) is 0 Å². The molecule has 148 valence electrons. The van der Waals surface area contributed by atoms with E-state index in [1.54, 1.807) is 12.3 Å². The van der Waals surface area contributed by atoms with Gasteiger partial charge in [-0.1, -0.05) is 19.1 Å². The van der Waals surface area contributed by atoms with E-state index in [2.05, 4.69) is 90.8 Å². The number of halogens is 1. The molecule has 1 unspecified atom stereocenters. The molecule has 2 aromatic carbocycles. The van der Waals surface area contributed by atoms with Crippen LogP contribution in [0.3, 0.4) is 0 Å². The van der Waals surface area contributed by atoms with E-state index in [4.69, 9.17) is 0 Å². The Labute approximate surface area is 181 Å². The lowest BCUT2D eigenvalue weighted by atomic mass is 9.79. The van der Waals surface area contributed by atoms with E-state index in [-0.39, 0.29) is 11.4 Å². The van der Waals surface area contributed by atoms with Crippen molar-refractivity contribution in [2.45, 2.75) is 58.5 Å². The van der Waals surface area contributed by atoms with Crippen LogP contribution >= 0.6 is 22.6 Å². The van der Waals surface area contributed by atoms with Crippen molar-refractivity contribution in [2.24, 2.45) is 5.10 Å². The predicted molar refractivity (Wildman–Crippen MR) is 125 cm³/mol. The zero-order valence-corrected chi connectivity index (χ0v) is 19.3. The Hall–Kier alpha value is -1.89. The molecular formula is C23H28IN3O. The Balaban J connectivity index is 1.79. The van der Waals surface area contributed by atoms with Crippen molar-refractivity contribution in [1.82, 2.24) is 5.43 Å². The first kappa shape index (κ1) is 20.8. The molecule has 0 fully saturated rings. The second-order valence-corrected chi connectivity index (χ2v) is 9.65. The van der Waals surface area contributed by atoms with Crippen molar-refractivity contribution in [3.8, 4) is 0 Å². The molecule has 1 N–H and O–H groups in total. The van der Waals surface area contributed by atoms with Gasteiger partial charge in [-0.15, -0.1) is 0 Å². The van der Waals surface area contributed by atoms with Gasteiger partial charge in [0.05, 0.1) is 6.21 Å². The highest BCUT2D eigenvalue weighted by Gasteiger charge is 2.37. The summed E-state index contributed by atoms with van der Waals surface area (Å²) in [7, 11) is 0. The number of hydrogen-bond acceptors (Lipinski definition) is 3. The van der Waals surface area contributed by atoms with Gasteiger partial charge >= 0.3 is 0 Å². The SMILES string of the molecule is CC1CC(C)(C)N(C(C)C)c2ccc(/C=N/NC(=O)c3cccc(I)c3)cc21. The highest BCUT2D eigenvalue weighted by Crippen LogP contribution is 2.44. The quantitative estimate of drug-likeness (QED) is 0.348. The highest BCUT2D eigenvalue weighted by molar-refractivity contribution is 14.1. The smallest absolute Gasteiger partial charge is 0.271 e. The van der Waals surface area contributed by atoms with Crippen molar-refractivity contribution in [2.75, 3.05) is 4.90 Å². The summed E-state index contributed by atoms with van der Waals surface area (Å²) in [6.45, 7) is 11.4. The monoisotopic (exact) mass is 489 g/mol. The predicted octanol–water partition coefficient (Wildman–Crippen LogP) is 5.56. The third kappa shape index (κ3) is 4.40. The van der Waals surface area contributed by atoms with Gasteiger partial charge in [-0.3, -0.25) is 4.79 Å². The van der Waals surface area contributed by atoms with E-state index in [1.165, 1.54) is 11.3 Å². The fourth-order valence-corrected chi connectivity index (χ4v) is 4.93. The summed E-state index contributed by atoms with van der Waals surface area (Å²) in [6.07, 6.45) is 2.83. The molecule has 0 saturated carbocycles. The highest BCUT2D eigenvalue weighted by atomic mass is 127. The van der Waals surface area contributed by atoms with Gasteiger partial charge in [-0.25, -0.2) is 5.43 Å². The maximum atomic E-state index is 12.2. The van der Waals surface area contributed by atoms with Crippen molar-refractivity contribution in [3.63, 3.8) is 0 Å². The molecule has 0 aromatic heterocycles. The van der Waals surface area contributed by atoms with E-state index in [9.17, 15) is 4.79 Å². The Morgan fingerprint density at radius 1 is 1.29 bits per heavy atom. The van der Waals surface area contributed by atoms with Crippen LogP contribution in [0.1, 0.15) is 68.4 Å². The van der Waals surface area contributed by atoms with Crippen LogP contribution in [0.2, 0.25) is 0 Å². The Kier molecular flexibility index (Phi) is 6.12. The Bertz CT molecular complexity index is 904. The molecule has 5 heteroatoms. The van der Waals surface area contributed by atoms with Gasteiger partial charge in [0.1, 0.15) is 0 Å².